The molecule has 1 rings (SSSR count). The predicted octanol–water partition coefficient (Wildman–Crippen LogP) is 1.70. The summed E-state index contributed by atoms with van der Waals surface area (Å²) in [6.45, 7) is 0. The Morgan fingerprint density at radius 3 is 2.57 bits per heavy atom. The molecule has 0 spiro atoms. The lowest BCUT2D eigenvalue weighted by Crippen LogP contribution is -2.44. The second kappa shape index (κ2) is 3.33. The van der Waals surface area contributed by atoms with Crippen molar-refractivity contribution in [2.45, 2.75) is 24.6 Å². The Morgan fingerprint density at radius 1 is 1.57 bits per heavy atom. The van der Waals surface area contributed by atoms with Gasteiger partial charge in [0.15, 0.2) is 0 Å². The Hall–Kier alpha value is -1.51. The number of halogens is 3. The van der Waals surface area contributed by atoms with Gasteiger partial charge in [0.25, 0.3) is 0 Å². The normalized spacial score (nSPS) is 26.0. The molecule has 1 aliphatic rings. The molecule has 0 amide bonds. The molecule has 0 radical (unpaired) electrons. The molecule has 1 aliphatic heterocycles. The van der Waals surface area contributed by atoms with Crippen molar-refractivity contribution in [3.05, 3.63) is 12.2 Å². The summed E-state index contributed by atoms with van der Waals surface area (Å²) in [5.74, 6) is -1.03. The van der Waals surface area contributed by atoms with Crippen LogP contribution in [0.2, 0.25) is 0 Å². The molecule has 0 fully saturated rings. The topological polar surface area (TPSA) is 50.1 Å². The predicted molar refractivity (Wildman–Crippen MR) is 38.9 cm³/mol. The molecule has 0 aromatic heterocycles. The van der Waals surface area contributed by atoms with Gasteiger partial charge in [-0.3, -0.25) is 0 Å². The minimum Gasteiger partial charge on any atom is -0.442 e. The van der Waals surface area contributed by atoms with E-state index in [1.165, 1.54) is 0 Å². The van der Waals surface area contributed by atoms with Gasteiger partial charge in [0.2, 0.25) is 5.60 Å². The first-order chi connectivity index (χ1) is 6.41. The highest BCUT2D eigenvalue weighted by Crippen LogP contribution is 2.41. The van der Waals surface area contributed by atoms with E-state index in [4.69, 9.17) is 5.26 Å². The lowest BCUT2D eigenvalue weighted by atomic mass is 9.98. The van der Waals surface area contributed by atoms with Crippen LogP contribution in [0.15, 0.2) is 12.2 Å². The van der Waals surface area contributed by atoms with Crippen molar-refractivity contribution in [2.75, 3.05) is 0 Å². The molecule has 76 valence electrons. The Balaban J connectivity index is 2.89. The molecule has 1 heterocycles. The fourth-order valence-corrected chi connectivity index (χ4v) is 1.12. The van der Waals surface area contributed by atoms with Crippen molar-refractivity contribution in [1.82, 2.24) is 0 Å². The van der Waals surface area contributed by atoms with Crippen LogP contribution in [0.4, 0.5) is 13.2 Å². The summed E-state index contributed by atoms with van der Waals surface area (Å²) in [5.41, 5.74) is -2.60. The molecule has 0 aromatic carbocycles. The number of carbonyl (C=O) groups excluding carboxylic acids is 1. The lowest BCUT2D eigenvalue weighted by molar-refractivity contribution is -0.247. The molecular formula is C8H6F3NO2. The third-order valence-electron chi connectivity index (χ3n) is 1.86. The van der Waals surface area contributed by atoms with Gasteiger partial charge in [-0.2, -0.15) is 18.4 Å². The van der Waals surface area contributed by atoms with Crippen LogP contribution in [-0.2, 0) is 9.53 Å². The molecule has 6 heteroatoms. The third-order valence-corrected chi connectivity index (χ3v) is 1.86. The maximum absolute atomic E-state index is 12.5. The van der Waals surface area contributed by atoms with Crippen LogP contribution in [0.1, 0.15) is 12.8 Å². The lowest BCUT2D eigenvalue weighted by Gasteiger charge is -2.27. The summed E-state index contributed by atoms with van der Waals surface area (Å²) in [7, 11) is 0. The SMILES string of the molecule is N#CCCC1(C(F)(F)F)C=CC(=O)O1. The third kappa shape index (κ3) is 1.71. The van der Waals surface area contributed by atoms with E-state index >= 15 is 0 Å². The monoisotopic (exact) mass is 205 g/mol. The van der Waals surface area contributed by atoms with E-state index in [0.29, 0.717) is 6.08 Å². The van der Waals surface area contributed by atoms with Crippen LogP contribution in [0.5, 0.6) is 0 Å². The number of ether oxygens (including phenoxy) is 1. The van der Waals surface area contributed by atoms with Gasteiger partial charge in [0.1, 0.15) is 0 Å². The fourth-order valence-electron chi connectivity index (χ4n) is 1.12. The summed E-state index contributed by atoms with van der Waals surface area (Å²) < 4.78 is 41.6. The molecule has 1 unspecified atom stereocenters. The number of hydrogen-bond acceptors (Lipinski definition) is 3. The van der Waals surface area contributed by atoms with Crippen molar-refractivity contribution < 1.29 is 22.7 Å². The van der Waals surface area contributed by atoms with Crippen molar-refractivity contribution in [3.8, 4) is 6.07 Å². The highest BCUT2D eigenvalue weighted by Gasteiger charge is 2.58. The van der Waals surface area contributed by atoms with Gasteiger partial charge in [0.05, 0.1) is 6.07 Å². The Kier molecular flexibility index (Phi) is 2.51. The van der Waals surface area contributed by atoms with Gasteiger partial charge in [0, 0.05) is 18.9 Å². The van der Waals surface area contributed by atoms with E-state index in [1.54, 1.807) is 6.07 Å². The van der Waals surface area contributed by atoms with Gasteiger partial charge in [-0.05, 0) is 6.08 Å². The van der Waals surface area contributed by atoms with Crippen LogP contribution in [0, 0.1) is 11.3 Å². The number of rotatable bonds is 2. The Labute approximate surface area is 77.8 Å². The Bertz CT molecular complexity index is 316. The summed E-state index contributed by atoms with van der Waals surface area (Å²) >= 11 is 0. The zero-order valence-corrected chi connectivity index (χ0v) is 6.97. The highest BCUT2D eigenvalue weighted by molar-refractivity contribution is 5.85. The molecule has 0 saturated heterocycles. The van der Waals surface area contributed by atoms with Crippen LogP contribution in [-0.4, -0.2) is 17.7 Å². The van der Waals surface area contributed by atoms with E-state index in [2.05, 4.69) is 4.74 Å². The quantitative estimate of drug-likeness (QED) is 0.644. The number of esters is 1. The van der Waals surface area contributed by atoms with Crippen molar-refractivity contribution >= 4 is 5.97 Å². The van der Waals surface area contributed by atoms with Crippen molar-refractivity contribution in [1.29, 1.82) is 5.26 Å². The van der Waals surface area contributed by atoms with Crippen LogP contribution >= 0.6 is 0 Å². The van der Waals surface area contributed by atoms with Crippen LogP contribution in [0.3, 0.4) is 0 Å². The summed E-state index contributed by atoms with van der Waals surface area (Å²) in [5, 5.41) is 8.19. The zero-order chi connectivity index (χ0) is 10.8. The minimum atomic E-state index is -4.67. The molecule has 0 aromatic rings. The van der Waals surface area contributed by atoms with Gasteiger partial charge < -0.3 is 4.74 Å². The van der Waals surface area contributed by atoms with Crippen LogP contribution in [0.25, 0.3) is 0 Å². The molecule has 3 nitrogen and oxygen atoms in total. The van der Waals surface area contributed by atoms with E-state index in [-0.39, 0.29) is 6.42 Å². The molecule has 0 N–H and O–H groups in total. The first-order valence-electron chi connectivity index (χ1n) is 3.77. The van der Waals surface area contributed by atoms with Gasteiger partial charge in [-0.25, -0.2) is 4.79 Å². The van der Waals surface area contributed by atoms with Crippen molar-refractivity contribution in [2.24, 2.45) is 0 Å². The Morgan fingerprint density at radius 2 is 2.21 bits per heavy atom. The summed E-state index contributed by atoms with van der Waals surface area (Å²) in [6, 6.07) is 1.58. The largest absolute Gasteiger partial charge is 0.442 e. The zero-order valence-electron chi connectivity index (χ0n) is 6.97. The van der Waals surface area contributed by atoms with Crippen LogP contribution < -0.4 is 0 Å². The summed E-state index contributed by atoms with van der Waals surface area (Å²) in [6.07, 6.45) is -4.17. The number of nitriles is 1. The second-order valence-electron chi connectivity index (χ2n) is 2.80. The van der Waals surface area contributed by atoms with Gasteiger partial charge in [-0.1, -0.05) is 0 Å². The molecule has 1 atom stereocenters. The van der Waals surface area contributed by atoms with E-state index < -0.39 is 24.2 Å². The molecular weight excluding hydrogens is 199 g/mol. The van der Waals surface area contributed by atoms with E-state index in [1.807, 2.05) is 0 Å². The number of nitrogens with zero attached hydrogens (tertiary/aromatic N) is 1. The van der Waals surface area contributed by atoms with E-state index in [9.17, 15) is 18.0 Å². The number of cyclic esters (lactones) is 1. The first kappa shape index (κ1) is 10.6. The number of alkyl halides is 3. The minimum absolute atomic E-state index is 0.322. The fraction of sp³-hybridized carbons (Fsp3) is 0.500. The molecule has 0 aliphatic carbocycles. The number of hydrogen-bond donors (Lipinski definition) is 0. The second-order valence-corrected chi connectivity index (χ2v) is 2.80. The smallest absolute Gasteiger partial charge is 0.432 e. The van der Waals surface area contributed by atoms with Gasteiger partial charge in [-0.15, -0.1) is 0 Å². The molecule has 14 heavy (non-hydrogen) atoms. The first-order valence-corrected chi connectivity index (χ1v) is 3.77. The summed E-state index contributed by atoms with van der Waals surface area (Å²) in [4.78, 5) is 10.6. The standard InChI is InChI=1S/C8H6F3NO2/c9-8(10,11)7(3-1-5-12)4-2-6(13)14-7/h2,4H,1,3H2. The molecule has 0 saturated carbocycles. The highest BCUT2D eigenvalue weighted by atomic mass is 19.4. The average molecular weight is 205 g/mol. The maximum atomic E-state index is 12.5. The van der Waals surface area contributed by atoms with Gasteiger partial charge >= 0.3 is 12.1 Å². The average Bonchev–Trinajstić information content (AvgIpc) is 2.44. The van der Waals surface area contributed by atoms with E-state index in [0.717, 1.165) is 6.08 Å². The van der Waals surface area contributed by atoms with Crippen molar-refractivity contribution in [3.63, 3.8) is 0 Å². The maximum Gasteiger partial charge on any atom is 0.432 e. The molecule has 0 bridgehead atoms. The number of carbonyl (C=O) groups is 1.